The maximum Gasteiger partial charge on any atom is 0.167 e. The van der Waals surface area contributed by atoms with Gasteiger partial charge in [-0.3, -0.25) is 4.98 Å². The number of hydrogen-bond donors (Lipinski definition) is 1. The molecule has 78 valence electrons. The van der Waals surface area contributed by atoms with Crippen molar-refractivity contribution in [3.63, 3.8) is 0 Å². The average Bonchev–Trinajstić information content (AvgIpc) is 2.67. The van der Waals surface area contributed by atoms with Crippen LogP contribution in [0.5, 0.6) is 0 Å². The molecule has 0 saturated carbocycles. The van der Waals surface area contributed by atoms with Gasteiger partial charge in [-0.15, -0.1) is 10.2 Å². The second-order valence-electron chi connectivity index (χ2n) is 3.07. The van der Waals surface area contributed by atoms with Crippen LogP contribution in [-0.2, 0) is 0 Å². The average molecular weight is 285 g/mol. The monoisotopic (exact) mass is 284 g/mol. The van der Waals surface area contributed by atoms with Crippen LogP contribution >= 0.6 is 27.3 Å². The summed E-state index contributed by atoms with van der Waals surface area (Å²) in [5.41, 5.74) is 6.53. The number of nitrogens with zero attached hydrogens (tertiary/aromatic N) is 3. The molecule has 0 aromatic carbocycles. The highest BCUT2D eigenvalue weighted by atomic mass is 79.9. The van der Waals surface area contributed by atoms with Crippen molar-refractivity contribution in [3.05, 3.63) is 27.8 Å². The molecule has 0 saturated heterocycles. The lowest BCUT2D eigenvalue weighted by molar-refractivity contribution is 0.786. The van der Waals surface area contributed by atoms with Gasteiger partial charge in [-0.1, -0.05) is 11.3 Å². The Bertz CT molecular complexity index is 469. The minimum Gasteiger partial charge on any atom is -0.322 e. The van der Waals surface area contributed by atoms with Gasteiger partial charge in [-0.25, -0.2) is 0 Å². The van der Waals surface area contributed by atoms with Gasteiger partial charge in [-0.2, -0.15) is 0 Å². The molecule has 6 heteroatoms. The molecule has 2 heterocycles. The Kier molecular flexibility index (Phi) is 3.08. The molecular weight excluding hydrogens is 276 g/mol. The predicted octanol–water partition coefficient (Wildman–Crippen LogP) is 2.38. The molecule has 0 amide bonds. The summed E-state index contributed by atoms with van der Waals surface area (Å²) in [6.07, 6.45) is 1.73. The normalized spacial score (nSPS) is 12.7. The zero-order chi connectivity index (χ0) is 10.8. The largest absolute Gasteiger partial charge is 0.322 e. The van der Waals surface area contributed by atoms with E-state index in [1.165, 1.54) is 11.3 Å². The Labute approximate surface area is 99.7 Å². The summed E-state index contributed by atoms with van der Waals surface area (Å²) in [5.74, 6) is 0. The lowest BCUT2D eigenvalue weighted by Crippen LogP contribution is -2.03. The van der Waals surface area contributed by atoms with Crippen molar-refractivity contribution in [1.29, 1.82) is 0 Å². The van der Waals surface area contributed by atoms with Gasteiger partial charge in [0.1, 0.15) is 10.7 Å². The molecule has 0 aliphatic rings. The van der Waals surface area contributed by atoms with Crippen LogP contribution in [0, 0.1) is 0 Å². The third kappa shape index (κ3) is 2.22. The highest BCUT2D eigenvalue weighted by Crippen LogP contribution is 2.29. The Morgan fingerprint density at radius 3 is 2.87 bits per heavy atom. The van der Waals surface area contributed by atoms with Crippen molar-refractivity contribution < 1.29 is 0 Å². The van der Waals surface area contributed by atoms with Crippen LogP contribution in [0.25, 0.3) is 10.7 Å². The molecule has 4 nitrogen and oxygen atoms in total. The lowest BCUT2D eigenvalue weighted by atomic mass is 10.4. The molecule has 1 atom stereocenters. The fourth-order valence-electron chi connectivity index (χ4n) is 1.06. The van der Waals surface area contributed by atoms with Crippen molar-refractivity contribution in [3.8, 4) is 10.7 Å². The summed E-state index contributed by atoms with van der Waals surface area (Å²) < 4.78 is 0.914. The number of hydrogen-bond acceptors (Lipinski definition) is 5. The Morgan fingerprint density at radius 2 is 2.27 bits per heavy atom. The topological polar surface area (TPSA) is 64.7 Å². The number of rotatable bonds is 2. The van der Waals surface area contributed by atoms with Crippen LogP contribution in [0.1, 0.15) is 18.0 Å². The maximum atomic E-state index is 5.72. The van der Waals surface area contributed by atoms with E-state index in [0.717, 1.165) is 20.2 Å². The minimum absolute atomic E-state index is 0.0845. The Hall–Kier alpha value is -0.850. The lowest BCUT2D eigenvalue weighted by Gasteiger charge is -1.97. The van der Waals surface area contributed by atoms with Gasteiger partial charge in [-0.05, 0) is 35.0 Å². The van der Waals surface area contributed by atoms with Crippen molar-refractivity contribution in [1.82, 2.24) is 15.2 Å². The minimum atomic E-state index is -0.0845. The highest BCUT2D eigenvalue weighted by Gasteiger charge is 2.12. The molecular formula is C9H9BrN4S. The first-order valence-electron chi connectivity index (χ1n) is 4.38. The van der Waals surface area contributed by atoms with Gasteiger partial charge < -0.3 is 5.73 Å². The van der Waals surface area contributed by atoms with E-state index in [1.54, 1.807) is 6.20 Å². The van der Waals surface area contributed by atoms with Crippen molar-refractivity contribution in [2.45, 2.75) is 13.0 Å². The van der Waals surface area contributed by atoms with Gasteiger partial charge in [0.2, 0.25) is 0 Å². The first-order valence-corrected chi connectivity index (χ1v) is 5.99. The standard InChI is InChI=1S/C9H9BrN4S/c1-5(11)8-13-14-9(15-8)7-6(10)3-2-4-12-7/h2-5H,11H2,1H3. The third-order valence-electron chi connectivity index (χ3n) is 1.79. The maximum absolute atomic E-state index is 5.72. The third-order valence-corrected chi connectivity index (χ3v) is 3.56. The molecule has 15 heavy (non-hydrogen) atoms. The van der Waals surface area contributed by atoms with E-state index in [9.17, 15) is 0 Å². The quantitative estimate of drug-likeness (QED) is 0.920. The summed E-state index contributed by atoms with van der Waals surface area (Å²) in [6, 6.07) is 3.70. The Balaban J connectivity index is 2.42. The summed E-state index contributed by atoms with van der Waals surface area (Å²) in [4.78, 5) is 4.24. The molecule has 1 unspecified atom stereocenters. The van der Waals surface area contributed by atoms with Gasteiger partial charge in [0.25, 0.3) is 0 Å². The number of aromatic nitrogens is 3. The second kappa shape index (κ2) is 4.34. The smallest absolute Gasteiger partial charge is 0.167 e. The van der Waals surface area contributed by atoms with Crippen molar-refractivity contribution in [2.75, 3.05) is 0 Å². The molecule has 2 rings (SSSR count). The van der Waals surface area contributed by atoms with E-state index >= 15 is 0 Å². The summed E-state index contributed by atoms with van der Waals surface area (Å²) in [6.45, 7) is 1.89. The van der Waals surface area contributed by atoms with Crippen LogP contribution in [0.3, 0.4) is 0 Å². The highest BCUT2D eigenvalue weighted by molar-refractivity contribution is 9.10. The van der Waals surface area contributed by atoms with Crippen LogP contribution in [0.15, 0.2) is 22.8 Å². The molecule has 0 bridgehead atoms. The van der Waals surface area contributed by atoms with Crippen LogP contribution in [0.4, 0.5) is 0 Å². The molecule has 0 radical (unpaired) electrons. The molecule has 0 spiro atoms. The van der Waals surface area contributed by atoms with Gasteiger partial charge in [0.05, 0.1) is 6.04 Å². The van der Waals surface area contributed by atoms with E-state index in [4.69, 9.17) is 5.73 Å². The molecule has 2 aromatic heterocycles. The zero-order valence-corrected chi connectivity index (χ0v) is 10.4. The molecule has 0 fully saturated rings. The summed E-state index contributed by atoms with van der Waals surface area (Å²) >= 11 is 4.89. The van der Waals surface area contributed by atoms with E-state index in [2.05, 4.69) is 31.1 Å². The van der Waals surface area contributed by atoms with Gasteiger partial charge in [0, 0.05) is 10.7 Å². The van der Waals surface area contributed by atoms with Crippen molar-refractivity contribution in [2.24, 2.45) is 5.73 Å². The fraction of sp³-hybridized carbons (Fsp3) is 0.222. The fourth-order valence-corrected chi connectivity index (χ4v) is 2.44. The van der Waals surface area contributed by atoms with Crippen molar-refractivity contribution >= 4 is 27.3 Å². The predicted molar refractivity (Wildman–Crippen MR) is 63.4 cm³/mol. The first-order chi connectivity index (χ1) is 7.18. The first kappa shape index (κ1) is 10.7. The molecule has 2 N–H and O–H groups in total. The van der Waals surface area contributed by atoms with E-state index in [0.29, 0.717) is 0 Å². The van der Waals surface area contributed by atoms with E-state index in [-0.39, 0.29) is 6.04 Å². The van der Waals surface area contributed by atoms with Crippen LogP contribution in [-0.4, -0.2) is 15.2 Å². The molecule has 2 aromatic rings. The number of nitrogens with two attached hydrogens (primary N) is 1. The summed E-state index contributed by atoms with van der Waals surface area (Å²) in [5, 5.41) is 9.69. The van der Waals surface area contributed by atoms with Crippen LogP contribution < -0.4 is 5.73 Å². The number of halogens is 1. The van der Waals surface area contributed by atoms with Gasteiger partial charge >= 0.3 is 0 Å². The SMILES string of the molecule is CC(N)c1nnc(-c2ncccc2Br)s1. The second-order valence-corrected chi connectivity index (χ2v) is 4.93. The Morgan fingerprint density at radius 1 is 1.47 bits per heavy atom. The van der Waals surface area contributed by atoms with E-state index < -0.39 is 0 Å². The molecule has 0 aliphatic carbocycles. The summed E-state index contributed by atoms with van der Waals surface area (Å²) in [7, 11) is 0. The zero-order valence-electron chi connectivity index (χ0n) is 8.01. The van der Waals surface area contributed by atoms with Crippen LogP contribution in [0.2, 0.25) is 0 Å². The number of pyridine rings is 1. The van der Waals surface area contributed by atoms with Gasteiger partial charge in [0.15, 0.2) is 5.01 Å². The molecule has 0 aliphatic heterocycles. The van der Waals surface area contributed by atoms with E-state index in [1.807, 2.05) is 19.1 Å².